The first-order chi connectivity index (χ1) is 12.2. The summed E-state index contributed by atoms with van der Waals surface area (Å²) < 4.78 is 0. The lowest BCUT2D eigenvalue weighted by molar-refractivity contribution is -0.141. The topological polar surface area (TPSA) is 57.6 Å². The van der Waals surface area contributed by atoms with Crippen LogP contribution in [0.1, 0.15) is 29.9 Å². The number of carbonyl (C=O) groups excluding carboxylic acids is 1. The molecule has 1 fully saturated rings. The van der Waals surface area contributed by atoms with Crippen molar-refractivity contribution in [2.24, 2.45) is 0 Å². The number of carboxylic acids is 1. The molecule has 1 atom stereocenters. The first-order valence-electron chi connectivity index (χ1n) is 8.87. The molecule has 126 valence electrons. The van der Waals surface area contributed by atoms with Crippen LogP contribution >= 0.6 is 0 Å². The Balaban J connectivity index is 1.53. The minimum absolute atomic E-state index is 0.0354. The smallest absolute Gasteiger partial charge is 0.326 e. The van der Waals surface area contributed by atoms with E-state index in [4.69, 9.17) is 0 Å². The van der Waals surface area contributed by atoms with Crippen LogP contribution in [0, 0.1) is 0 Å². The Morgan fingerprint density at radius 1 is 1.04 bits per heavy atom. The van der Waals surface area contributed by atoms with E-state index < -0.39 is 12.0 Å². The second kappa shape index (κ2) is 6.39. The molecule has 4 nitrogen and oxygen atoms in total. The van der Waals surface area contributed by atoms with Gasteiger partial charge in [-0.05, 0) is 35.1 Å². The molecule has 2 aliphatic rings. The third kappa shape index (κ3) is 2.74. The van der Waals surface area contributed by atoms with Gasteiger partial charge < -0.3 is 10.0 Å². The van der Waals surface area contributed by atoms with E-state index in [1.807, 2.05) is 24.3 Å². The summed E-state index contributed by atoms with van der Waals surface area (Å²) >= 11 is 0. The summed E-state index contributed by atoms with van der Waals surface area (Å²) in [4.78, 5) is 25.5. The van der Waals surface area contributed by atoms with Crippen LogP contribution in [0.15, 0.2) is 48.5 Å². The van der Waals surface area contributed by atoms with Gasteiger partial charge in [0.25, 0.3) is 0 Å². The average Bonchev–Trinajstić information content (AvgIpc) is 3.23. The van der Waals surface area contributed by atoms with Crippen molar-refractivity contribution in [3.05, 3.63) is 59.7 Å². The van der Waals surface area contributed by atoms with Gasteiger partial charge in [0, 0.05) is 12.5 Å². The van der Waals surface area contributed by atoms with E-state index >= 15 is 0 Å². The molecular weight excluding hydrogens is 313 g/mol. The largest absolute Gasteiger partial charge is 0.480 e. The molecule has 1 saturated heterocycles. The van der Waals surface area contributed by atoms with Crippen molar-refractivity contribution in [1.82, 2.24) is 4.90 Å². The Bertz CT molecular complexity index is 790. The maximum atomic E-state index is 12.6. The molecular formula is C20H20BNO3. The summed E-state index contributed by atoms with van der Waals surface area (Å²) in [6.07, 6.45) is 2.06. The number of carboxylic acid groups (broad SMARTS) is 1. The van der Waals surface area contributed by atoms with E-state index in [-0.39, 0.29) is 11.7 Å². The third-order valence-electron chi connectivity index (χ3n) is 5.47. The van der Waals surface area contributed by atoms with Crippen molar-refractivity contribution in [3.63, 3.8) is 0 Å². The van der Waals surface area contributed by atoms with Crippen LogP contribution in [0.5, 0.6) is 0 Å². The number of fused-ring (bicyclic) bond motifs is 3. The molecule has 0 radical (unpaired) electrons. The molecule has 4 rings (SSSR count). The van der Waals surface area contributed by atoms with Crippen LogP contribution in [-0.2, 0) is 4.79 Å². The Morgan fingerprint density at radius 3 is 2.24 bits per heavy atom. The van der Waals surface area contributed by atoms with Gasteiger partial charge in [0.1, 0.15) is 6.04 Å². The summed E-state index contributed by atoms with van der Waals surface area (Å²) in [5.41, 5.74) is 5.04. The van der Waals surface area contributed by atoms with Crippen molar-refractivity contribution < 1.29 is 14.7 Å². The van der Waals surface area contributed by atoms with Gasteiger partial charge in [0.05, 0.1) is 0 Å². The third-order valence-corrected chi connectivity index (χ3v) is 5.47. The van der Waals surface area contributed by atoms with E-state index in [0.717, 1.165) is 12.7 Å². The molecule has 5 heteroatoms. The van der Waals surface area contributed by atoms with Gasteiger partial charge in [0.15, 0.2) is 5.81 Å². The molecule has 0 spiro atoms. The zero-order valence-corrected chi connectivity index (χ0v) is 14.0. The highest BCUT2D eigenvalue weighted by molar-refractivity contribution is 6.73. The SMILES string of the molecule is O=C(O)C1CCCN1C(=O)BCC1c2ccccc2-c2ccccc21. The van der Waals surface area contributed by atoms with Gasteiger partial charge in [-0.3, -0.25) is 4.79 Å². The van der Waals surface area contributed by atoms with Crippen LogP contribution in [0.2, 0.25) is 6.32 Å². The number of hydrogen-bond acceptors (Lipinski definition) is 2. The lowest BCUT2D eigenvalue weighted by Gasteiger charge is -2.22. The van der Waals surface area contributed by atoms with Gasteiger partial charge in [-0.15, -0.1) is 0 Å². The van der Waals surface area contributed by atoms with Crippen molar-refractivity contribution in [3.8, 4) is 11.1 Å². The number of amides is 1. The van der Waals surface area contributed by atoms with Gasteiger partial charge >= 0.3 is 5.97 Å². The van der Waals surface area contributed by atoms with Gasteiger partial charge in [-0.2, -0.15) is 0 Å². The maximum Gasteiger partial charge on any atom is 0.326 e. The number of nitrogens with zero attached hydrogens (tertiary/aromatic N) is 1. The van der Waals surface area contributed by atoms with Crippen molar-refractivity contribution >= 4 is 19.1 Å². The normalized spacial score (nSPS) is 18.7. The molecule has 1 N–H and O–H groups in total. The number of likely N-dealkylation sites (tertiary alicyclic amines) is 1. The molecule has 25 heavy (non-hydrogen) atoms. The average molecular weight is 333 g/mol. The van der Waals surface area contributed by atoms with Crippen LogP contribution in [-0.4, -0.2) is 41.6 Å². The fraction of sp³-hybridized carbons (Fsp3) is 0.300. The van der Waals surface area contributed by atoms with Crippen LogP contribution in [0.4, 0.5) is 4.79 Å². The number of carbonyl (C=O) groups is 2. The minimum atomic E-state index is -0.887. The number of rotatable bonds is 4. The molecule has 0 aromatic heterocycles. The highest BCUT2D eigenvalue weighted by atomic mass is 16.4. The predicted octanol–water partition coefficient (Wildman–Crippen LogP) is 3.32. The van der Waals surface area contributed by atoms with Crippen LogP contribution in [0.3, 0.4) is 0 Å². The van der Waals surface area contributed by atoms with E-state index in [2.05, 4.69) is 24.3 Å². The summed E-state index contributed by atoms with van der Waals surface area (Å²) in [7, 11) is 0.386. The fourth-order valence-corrected chi connectivity index (χ4v) is 4.30. The van der Waals surface area contributed by atoms with Crippen molar-refractivity contribution in [2.45, 2.75) is 31.1 Å². The summed E-state index contributed by atoms with van der Waals surface area (Å²) in [5, 5.41) is 9.28. The van der Waals surface area contributed by atoms with Crippen LogP contribution in [0.25, 0.3) is 11.1 Å². The highest BCUT2D eigenvalue weighted by Crippen LogP contribution is 2.46. The second-order valence-corrected chi connectivity index (χ2v) is 6.85. The Kier molecular flexibility index (Phi) is 4.08. The quantitative estimate of drug-likeness (QED) is 0.873. The summed E-state index contributed by atoms with van der Waals surface area (Å²) in [6.45, 7) is 0.563. The zero-order valence-electron chi connectivity index (χ0n) is 14.0. The van der Waals surface area contributed by atoms with E-state index in [0.29, 0.717) is 20.2 Å². The van der Waals surface area contributed by atoms with Crippen molar-refractivity contribution in [2.75, 3.05) is 6.54 Å². The Hall–Kier alpha value is -2.56. The standard InChI is InChI=1S/C20H20BNO3/c23-19(24)18-10-5-11-22(18)20(25)21-12-17-15-8-3-1-6-13(15)14-7-2-4-9-16(14)17/h1-4,6-9,17-18,21H,5,10-12H2,(H,23,24). The molecule has 1 heterocycles. The van der Waals surface area contributed by atoms with Crippen molar-refractivity contribution in [1.29, 1.82) is 0 Å². The fourth-order valence-electron chi connectivity index (χ4n) is 4.30. The molecule has 1 aliphatic carbocycles. The number of benzene rings is 2. The van der Waals surface area contributed by atoms with Crippen LogP contribution < -0.4 is 0 Å². The lowest BCUT2D eigenvalue weighted by atomic mass is 9.66. The van der Waals surface area contributed by atoms with Gasteiger partial charge in [0.2, 0.25) is 7.28 Å². The predicted molar refractivity (Wildman–Crippen MR) is 98.4 cm³/mol. The second-order valence-electron chi connectivity index (χ2n) is 6.85. The zero-order chi connectivity index (χ0) is 17.4. The molecule has 1 aliphatic heterocycles. The Morgan fingerprint density at radius 2 is 1.64 bits per heavy atom. The number of aliphatic carboxylic acids is 1. The number of hydrogen-bond donors (Lipinski definition) is 1. The first-order valence-corrected chi connectivity index (χ1v) is 8.87. The molecule has 0 bridgehead atoms. The molecule has 1 amide bonds. The van der Waals surface area contributed by atoms with Gasteiger partial charge in [-0.25, -0.2) is 4.79 Å². The maximum absolute atomic E-state index is 12.6. The summed E-state index contributed by atoms with van der Waals surface area (Å²) in [6, 6.07) is 16.1. The van der Waals surface area contributed by atoms with E-state index in [9.17, 15) is 14.7 Å². The minimum Gasteiger partial charge on any atom is -0.480 e. The first kappa shape index (κ1) is 15.9. The van der Waals surface area contributed by atoms with E-state index in [1.54, 1.807) is 4.90 Å². The molecule has 2 aromatic carbocycles. The molecule has 0 saturated carbocycles. The van der Waals surface area contributed by atoms with E-state index in [1.165, 1.54) is 22.3 Å². The monoisotopic (exact) mass is 333 g/mol. The Labute approximate surface area is 147 Å². The molecule has 2 aromatic rings. The highest BCUT2D eigenvalue weighted by Gasteiger charge is 2.35. The van der Waals surface area contributed by atoms with Gasteiger partial charge in [-0.1, -0.05) is 54.9 Å². The summed E-state index contributed by atoms with van der Waals surface area (Å²) in [5.74, 6) is -0.712. The molecule has 1 unspecified atom stereocenters. The lowest BCUT2D eigenvalue weighted by Crippen LogP contribution is -2.42.